The molecule has 0 fully saturated rings. The second-order valence-corrected chi connectivity index (χ2v) is 4.97. The standard InChI is InChI=1S/C17H20FNO/c1-4-13-5-8-15(9-6-13)19(3)17-10-7-14(12(2)20)11-16(17)18/h5-12,20H,4H2,1-3H3/t12-/m1/s1. The van der Waals surface area contributed by atoms with E-state index in [1.807, 2.05) is 31.3 Å². The van der Waals surface area contributed by atoms with E-state index < -0.39 is 6.10 Å². The molecule has 0 radical (unpaired) electrons. The maximum atomic E-state index is 14.1. The van der Waals surface area contributed by atoms with Gasteiger partial charge in [0.25, 0.3) is 0 Å². The van der Waals surface area contributed by atoms with E-state index in [2.05, 4.69) is 6.92 Å². The van der Waals surface area contributed by atoms with Crippen LogP contribution in [0.5, 0.6) is 0 Å². The molecule has 1 N–H and O–H groups in total. The number of halogens is 1. The van der Waals surface area contributed by atoms with Crippen molar-refractivity contribution >= 4 is 11.4 Å². The van der Waals surface area contributed by atoms with Gasteiger partial charge in [-0.05, 0) is 48.7 Å². The summed E-state index contributed by atoms with van der Waals surface area (Å²) in [7, 11) is 1.83. The van der Waals surface area contributed by atoms with Gasteiger partial charge in [-0.15, -0.1) is 0 Å². The number of rotatable bonds is 4. The van der Waals surface area contributed by atoms with E-state index in [1.165, 1.54) is 11.6 Å². The number of aryl methyl sites for hydroxylation is 1. The normalized spacial score (nSPS) is 12.2. The molecule has 0 spiro atoms. The molecule has 0 aliphatic carbocycles. The molecule has 0 aliphatic rings. The van der Waals surface area contributed by atoms with Gasteiger partial charge in [0.05, 0.1) is 11.8 Å². The molecule has 2 aromatic carbocycles. The molecule has 0 amide bonds. The fourth-order valence-electron chi connectivity index (χ4n) is 2.15. The van der Waals surface area contributed by atoms with Crippen molar-refractivity contribution in [2.24, 2.45) is 0 Å². The van der Waals surface area contributed by atoms with Crippen LogP contribution >= 0.6 is 0 Å². The number of benzene rings is 2. The molecule has 20 heavy (non-hydrogen) atoms. The van der Waals surface area contributed by atoms with Crippen LogP contribution in [-0.4, -0.2) is 12.2 Å². The van der Waals surface area contributed by atoms with E-state index >= 15 is 0 Å². The summed E-state index contributed by atoms with van der Waals surface area (Å²) in [6.07, 6.45) is 0.328. The van der Waals surface area contributed by atoms with E-state index in [-0.39, 0.29) is 5.82 Å². The summed E-state index contributed by atoms with van der Waals surface area (Å²) in [5, 5.41) is 9.47. The van der Waals surface area contributed by atoms with Gasteiger partial charge in [0.1, 0.15) is 5.82 Å². The van der Waals surface area contributed by atoms with Crippen LogP contribution in [0.4, 0.5) is 15.8 Å². The lowest BCUT2D eigenvalue weighted by atomic mass is 10.1. The highest BCUT2D eigenvalue weighted by atomic mass is 19.1. The van der Waals surface area contributed by atoms with Crippen LogP contribution in [0, 0.1) is 5.82 Å². The molecule has 2 aromatic rings. The summed E-state index contributed by atoms with van der Waals surface area (Å²) in [6, 6.07) is 12.9. The number of aliphatic hydroxyl groups excluding tert-OH is 1. The Labute approximate surface area is 119 Å². The Kier molecular flexibility index (Phi) is 4.40. The fraction of sp³-hybridized carbons (Fsp3) is 0.294. The Morgan fingerprint density at radius 1 is 1.15 bits per heavy atom. The highest BCUT2D eigenvalue weighted by molar-refractivity contribution is 5.63. The Balaban J connectivity index is 2.30. The lowest BCUT2D eigenvalue weighted by Gasteiger charge is -2.21. The zero-order chi connectivity index (χ0) is 14.7. The first-order valence-corrected chi connectivity index (χ1v) is 6.83. The van der Waals surface area contributed by atoms with Crippen molar-refractivity contribution in [2.75, 3.05) is 11.9 Å². The van der Waals surface area contributed by atoms with Crippen LogP contribution in [0.1, 0.15) is 31.1 Å². The first-order valence-electron chi connectivity index (χ1n) is 6.83. The predicted molar refractivity (Wildman–Crippen MR) is 80.9 cm³/mol. The lowest BCUT2D eigenvalue weighted by Crippen LogP contribution is -2.11. The van der Waals surface area contributed by atoms with Crippen LogP contribution in [-0.2, 0) is 6.42 Å². The topological polar surface area (TPSA) is 23.5 Å². The van der Waals surface area contributed by atoms with E-state index in [0.29, 0.717) is 11.3 Å². The van der Waals surface area contributed by atoms with Crippen LogP contribution in [0.25, 0.3) is 0 Å². The zero-order valence-electron chi connectivity index (χ0n) is 12.1. The number of anilines is 2. The molecular formula is C17H20FNO. The molecule has 2 nitrogen and oxygen atoms in total. The van der Waals surface area contributed by atoms with E-state index in [1.54, 1.807) is 24.0 Å². The van der Waals surface area contributed by atoms with Crippen LogP contribution < -0.4 is 4.90 Å². The second-order valence-electron chi connectivity index (χ2n) is 4.97. The molecule has 3 heteroatoms. The number of hydrogen-bond donors (Lipinski definition) is 1. The molecule has 0 unspecified atom stereocenters. The van der Waals surface area contributed by atoms with Crippen LogP contribution in [0.15, 0.2) is 42.5 Å². The minimum absolute atomic E-state index is 0.328. The monoisotopic (exact) mass is 273 g/mol. The summed E-state index contributed by atoms with van der Waals surface area (Å²) in [6.45, 7) is 3.73. The number of hydrogen-bond acceptors (Lipinski definition) is 2. The van der Waals surface area contributed by atoms with Gasteiger partial charge in [0.2, 0.25) is 0 Å². The largest absolute Gasteiger partial charge is 0.389 e. The quantitative estimate of drug-likeness (QED) is 0.902. The Morgan fingerprint density at radius 3 is 2.30 bits per heavy atom. The molecule has 0 saturated carbocycles. The highest BCUT2D eigenvalue weighted by Gasteiger charge is 2.11. The van der Waals surface area contributed by atoms with Gasteiger partial charge in [0.15, 0.2) is 0 Å². The molecule has 0 aliphatic heterocycles. The van der Waals surface area contributed by atoms with Gasteiger partial charge in [-0.3, -0.25) is 0 Å². The minimum Gasteiger partial charge on any atom is -0.389 e. The van der Waals surface area contributed by atoms with Crippen LogP contribution in [0.3, 0.4) is 0 Å². The van der Waals surface area contributed by atoms with Gasteiger partial charge in [0, 0.05) is 12.7 Å². The third-order valence-electron chi connectivity index (χ3n) is 3.55. The molecular weight excluding hydrogens is 253 g/mol. The van der Waals surface area contributed by atoms with Gasteiger partial charge in [-0.25, -0.2) is 4.39 Å². The van der Waals surface area contributed by atoms with E-state index in [4.69, 9.17) is 0 Å². The summed E-state index contributed by atoms with van der Waals surface area (Å²) < 4.78 is 14.1. The highest BCUT2D eigenvalue weighted by Crippen LogP contribution is 2.28. The summed E-state index contributed by atoms with van der Waals surface area (Å²) in [5.41, 5.74) is 3.28. The van der Waals surface area contributed by atoms with E-state index in [0.717, 1.165) is 12.1 Å². The molecule has 0 aromatic heterocycles. The van der Waals surface area contributed by atoms with Crippen molar-refractivity contribution < 1.29 is 9.50 Å². The maximum absolute atomic E-state index is 14.1. The SMILES string of the molecule is CCc1ccc(N(C)c2ccc([C@@H](C)O)cc2F)cc1. The van der Waals surface area contributed by atoms with Crippen molar-refractivity contribution in [3.63, 3.8) is 0 Å². The lowest BCUT2D eigenvalue weighted by molar-refractivity contribution is 0.199. The third-order valence-corrected chi connectivity index (χ3v) is 3.55. The number of nitrogens with zero attached hydrogens (tertiary/aromatic N) is 1. The van der Waals surface area contributed by atoms with Crippen molar-refractivity contribution in [2.45, 2.75) is 26.4 Å². The zero-order valence-corrected chi connectivity index (χ0v) is 12.1. The van der Waals surface area contributed by atoms with Crippen molar-refractivity contribution in [1.82, 2.24) is 0 Å². The minimum atomic E-state index is -0.660. The van der Waals surface area contributed by atoms with Gasteiger partial charge >= 0.3 is 0 Å². The molecule has 1 atom stereocenters. The third kappa shape index (κ3) is 2.99. The van der Waals surface area contributed by atoms with Crippen LogP contribution in [0.2, 0.25) is 0 Å². The fourth-order valence-corrected chi connectivity index (χ4v) is 2.15. The first kappa shape index (κ1) is 14.5. The smallest absolute Gasteiger partial charge is 0.147 e. The average molecular weight is 273 g/mol. The molecule has 2 rings (SSSR count). The Morgan fingerprint density at radius 2 is 1.80 bits per heavy atom. The summed E-state index contributed by atoms with van der Waals surface area (Å²) in [4.78, 5) is 1.81. The first-order chi connectivity index (χ1) is 9.52. The second kappa shape index (κ2) is 6.06. The maximum Gasteiger partial charge on any atom is 0.147 e. The number of aliphatic hydroxyl groups is 1. The molecule has 106 valence electrons. The van der Waals surface area contributed by atoms with Crippen molar-refractivity contribution in [3.05, 3.63) is 59.4 Å². The Hall–Kier alpha value is -1.87. The van der Waals surface area contributed by atoms with Gasteiger partial charge in [-0.1, -0.05) is 25.1 Å². The van der Waals surface area contributed by atoms with Crippen molar-refractivity contribution in [3.8, 4) is 0 Å². The predicted octanol–water partition coefficient (Wildman–Crippen LogP) is 4.21. The average Bonchev–Trinajstić information content (AvgIpc) is 2.46. The summed E-state index contributed by atoms with van der Waals surface area (Å²) in [5.74, 6) is -0.328. The molecule has 0 heterocycles. The summed E-state index contributed by atoms with van der Waals surface area (Å²) >= 11 is 0. The Bertz CT molecular complexity index is 578. The van der Waals surface area contributed by atoms with Gasteiger partial charge in [-0.2, -0.15) is 0 Å². The molecule has 0 saturated heterocycles. The van der Waals surface area contributed by atoms with Crippen molar-refractivity contribution in [1.29, 1.82) is 0 Å². The molecule has 0 bridgehead atoms. The van der Waals surface area contributed by atoms with E-state index in [9.17, 15) is 9.50 Å². The van der Waals surface area contributed by atoms with Gasteiger partial charge < -0.3 is 10.0 Å².